The Morgan fingerprint density at radius 1 is 1.08 bits per heavy atom. The Hall–Kier alpha value is -2.17. The molecule has 1 amide bonds. The molecule has 0 aliphatic rings. The fraction of sp³-hybridized carbons (Fsp3) is 0.105. The lowest BCUT2D eigenvalue weighted by molar-refractivity contribution is -0.120. The third-order valence-corrected chi connectivity index (χ3v) is 4.95. The van der Waals surface area contributed by atoms with Crippen LogP contribution in [0.15, 0.2) is 66.0 Å². The Morgan fingerprint density at radius 2 is 1.83 bits per heavy atom. The summed E-state index contributed by atoms with van der Waals surface area (Å²) >= 11 is 7.67. The van der Waals surface area contributed by atoms with Crippen molar-refractivity contribution >= 4 is 28.8 Å². The van der Waals surface area contributed by atoms with Crippen LogP contribution in [-0.2, 0) is 11.2 Å². The SMILES string of the molecule is O=C(Cc1ccccc1Cl)N[C@@H](c1ccc(F)cc1)c1cccs1. The molecule has 0 aliphatic heterocycles. The minimum absolute atomic E-state index is 0.133. The summed E-state index contributed by atoms with van der Waals surface area (Å²) < 4.78 is 13.2. The summed E-state index contributed by atoms with van der Waals surface area (Å²) in [6.45, 7) is 0. The van der Waals surface area contributed by atoms with Gasteiger partial charge in [0.25, 0.3) is 0 Å². The molecule has 3 aromatic rings. The maximum absolute atomic E-state index is 13.2. The molecule has 1 heterocycles. The number of amides is 1. The van der Waals surface area contributed by atoms with Crippen molar-refractivity contribution in [3.8, 4) is 0 Å². The zero-order valence-corrected chi connectivity index (χ0v) is 14.3. The second-order valence-electron chi connectivity index (χ2n) is 5.34. The van der Waals surface area contributed by atoms with Crippen molar-refractivity contribution in [2.24, 2.45) is 0 Å². The second-order valence-corrected chi connectivity index (χ2v) is 6.72. The monoisotopic (exact) mass is 359 g/mol. The van der Waals surface area contributed by atoms with Gasteiger partial charge in [0.1, 0.15) is 5.82 Å². The van der Waals surface area contributed by atoms with Crippen molar-refractivity contribution in [2.75, 3.05) is 0 Å². The quantitative estimate of drug-likeness (QED) is 0.683. The van der Waals surface area contributed by atoms with Crippen molar-refractivity contribution in [3.63, 3.8) is 0 Å². The van der Waals surface area contributed by atoms with Crippen molar-refractivity contribution in [1.82, 2.24) is 5.32 Å². The first-order valence-corrected chi connectivity index (χ1v) is 8.71. The van der Waals surface area contributed by atoms with Gasteiger partial charge in [0, 0.05) is 9.90 Å². The van der Waals surface area contributed by atoms with Gasteiger partial charge in [-0.15, -0.1) is 11.3 Å². The van der Waals surface area contributed by atoms with Gasteiger partial charge in [-0.1, -0.05) is 48.0 Å². The maximum atomic E-state index is 13.2. The first kappa shape index (κ1) is 16.7. The van der Waals surface area contributed by atoms with Crippen molar-refractivity contribution in [1.29, 1.82) is 0 Å². The van der Waals surface area contributed by atoms with Crippen LogP contribution in [0.3, 0.4) is 0 Å². The molecule has 0 radical (unpaired) electrons. The van der Waals surface area contributed by atoms with Crippen LogP contribution in [0.5, 0.6) is 0 Å². The predicted molar refractivity (Wildman–Crippen MR) is 95.9 cm³/mol. The normalized spacial score (nSPS) is 11.9. The van der Waals surface area contributed by atoms with Crippen molar-refractivity contribution in [2.45, 2.75) is 12.5 Å². The standard InChI is InChI=1S/C19H15ClFNOS/c20-16-5-2-1-4-14(16)12-18(23)22-19(17-6-3-11-24-17)13-7-9-15(21)10-8-13/h1-11,19H,12H2,(H,22,23)/t19-/m0/s1. The lowest BCUT2D eigenvalue weighted by atomic mass is 10.0. The van der Waals surface area contributed by atoms with Gasteiger partial charge in [-0.05, 0) is 40.8 Å². The number of hydrogen-bond donors (Lipinski definition) is 1. The summed E-state index contributed by atoms with van der Waals surface area (Å²) in [5.41, 5.74) is 1.62. The van der Waals surface area contributed by atoms with E-state index in [1.165, 1.54) is 12.1 Å². The average Bonchev–Trinajstić information content (AvgIpc) is 3.10. The lowest BCUT2D eigenvalue weighted by Crippen LogP contribution is -2.30. The molecule has 2 aromatic carbocycles. The molecule has 0 saturated heterocycles. The van der Waals surface area contributed by atoms with Gasteiger partial charge < -0.3 is 5.32 Å². The summed E-state index contributed by atoms with van der Waals surface area (Å²) in [6, 6.07) is 17.0. The summed E-state index contributed by atoms with van der Waals surface area (Å²) in [6.07, 6.45) is 0.197. The molecule has 0 unspecified atom stereocenters. The van der Waals surface area contributed by atoms with Gasteiger partial charge in [-0.2, -0.15) is 0 Å². The molecule has 0 fully saturated rings. The number of nitrogens with one attached hydrogen (secondary N) is 1. The molecular weight excluding hydrogens is 345 g/mol. The van der Waals surface area contributed by atoms with E-state index in [4.69, 9.17) is 11.6 Å². The Labute approximate surface area is 148 Å². The van der Waals surface area contributed by atoms with E-state index >= 15 is 0 Å². The molecule has 5 heteroatoms. The highest BCUT2D eigenvalue weighted by molar-refractivity contribution is 7.10. The van der Waals surface area contributed by atoms with E-state index in [9.17, 15) is 9.18 Å². The molecule has 0 bridgehead atoms. The minimum Gasteiger partial charge on any atom is -0.344 e. The zero-order valence-electron chi connectivity index (χ0n) is 12.7. The molecular formula is C19H15ClFNOS. The number of hydrogen-bond acceptors (Lipinski definition) is 2. The molecule has 1 aromatic heterocycles. The molecule has 24 heavy (non-hydrogen) atoms. The highest BCUT2D eigenvalue weighted by Gasteiger charge is 2.18. The van der Waals surface area contributed by atoms with Crippen LogP contribution in [0.25, 0.3) is 0 Å². The molecule has 0 saturated carbocycles. The highest BCUT2D eigenvalue weighted by Crippen LogP contribution is 2.26. The number of halogens is 2. The van der Waals surface area contributed by atoms with Crippen LogP contribution in [0.4, 0.5) is 4.39 Å². The Morgan fingerprint density at radius 3 is 2.50 bits per heavy atom. The van der Waals surface area contributed by atoms with E-state index in [0.29, 0.717) is 5.02 Å². The minimum atomic E-state index is -0.305. The van der Waals surface area contributed by atoms with E-state index in [2.05, 4.69) is 5.32 Å². The van der Waals surface area contributed by atoms with Crippen LogP contribution in [-0.4, -0.2) is 5.91 Å². The van der Waals surface area contributed by atoms with E-state index in [0.717, 1.165) is 16.0 Å². The molecule has 2 nitrogen and oxygen atoms in total. The van der Waals surface area contributed by atoms with Crippen LogP contribution < -0.4 is 5.32 Å². The maximum Gasteiger partial charge on any atom is 0.225 e. The van der Waals surface area contributed by atoms with Gasteiger partial charge in [0.15, 0.2) is 0 Å². The molecule has 1 N–H and O–H groups in total. The molecule has 0 aliphatic carbocycles. The van der Waals surface area contributed by atoms with Crippen LogP contribution in [0.1, 0.15) is 22.0 Å². The van der Waals surface area contributed by atoms with E-state index < -0.39 is 0 Å². The van der Waals surface area contributed by atoms with Gasteiger partial charge >= 0.3 is 0 Å². The molecule has 0 spiro atoms. The van der Waals surface area contributed by atoms with Gasteiger partial charge in [0.2, 0.25) is 5.91 Å². The molecule has 122 valence electrons. The predicted octanol–water partition coefficient (Wildman–Crippen LogP) is 4.99. The summed E-state index contributed by atoms with van der Waals surface area (Å²) in [5.74, 6) is -0.433. The lowest BCUT2D eigenvalue weighted by Gasteiger charge is -2.18. The third-order valence-electron chi connectivity index (χ3n) is 3.65. The summed E-state index contributed by atoms with van der Waals surface area (Å²) in [4.78, 5) is 13.5. The Bertz CT molecular complexity index is 818. The Kier molecular flexibility index (Phi) is 5.28. The summed E-state index contributed by atoms with van der Waals surface area (Å²) in [7, 11) is 0. The van der Waals surface area contributed by atoms with Crippen LogP contribution >= 0.6 is 22.9 Å². The fourth-order valence-electron chi connectivity index (χ4n) is 2.46. The molecule has 3 rings (SSSR count). The van der Waals surface area contributed by atoms with Gasteiger partial charge in [-0.25, -0.2) is 4.39 Å². The van der Waals surface area contributed by atoms with Crippen molar-refractivity contribution in [3.05, 3.63) is 92.9 Å². The van der Waals surface area contributed by atoms with Gasteiger partial charge in [-0.3, -0.25) is 4.79 Å². The number of carbonyl (C=O) groups is 1. The first-order chi connectivity index (χ1) is 11.6. The van der Waals surface area contributed by atoms with Gasteiger partial charge in [0.05, 0.1) is 12.5 Å². The smallest absolute Gasteiger partial charge is 0.225 e. The molecule has 1 atom stereocenters. The topological polar surface area (TPSA) is 29.1 Å². The second kappa shape index (κ2) is 7.60. The highest BCUT2D eigenvalue weighted by atomic mass is 35.5. The number of benzene rings is 2. The fourth-order valence-corrected chi connectivity index (χ4v) is 3.46. The van der Waals surface area contributed by atoms with Crippen molar-refractivity contribution < 1.29 is 9.18 Å². The average molecular weight is 360 g/mol. The zero-order chi connectivity index (χ0) is 16.9. The first-order valence-electron chi connectivity index (χ1n) is 7.45. The number of rotatable bonds is 5. The summed E-state index contributed by atoms with van der Waals surface area (Å²) in [5, 5.41) is 5.54. The number of carbonyl (C=O) groups excluding carboxylic acids is 1. The Balaban J connectivity index is 1.81. The van der Waals surface area contributed by atoms with Crippen LogP contribution in [0, 0.1) is 5.82 Å². The van der Waals surface area contributed by atoms with Crippen LogP contribution in [0.2, 0.25) is 5.02 Å². The third kappa shape index (κ3) is 4.02. The van der Waals surface area contributed by atoms with E-state index in [1.54, 1.807) is 29.5 Å². The number of thiophene rings is 1. The largest absolute Gasteiger partial charge is 0.344 e. The van der Waals surface area contributed by atoms with E-state index in [1.807, 2.05) is 35.7 Å². The van der Waals surface area contributed by atoms with E-state index in [-0.39, 0.29) is 24.2 Å².